The van der Waals surface area contributed by atoms with E-state index in [1.807, 2.05) is 31.6 Å². The number of pyridine rings is 1. The van der Waals surface area contributed by atoms with Crippen molar-refractivity contribution in [3.63, 3.8) is 0 Å². The molecule has 0 fully saturated rings. The molecule has 0 aromatic carbocycles. The fourth-order valence-electron chi connectivity index (χ4n) is 1.01. The first-order valence-electron chi connectivity index (χ1n) is 4.01. The molecule has 0 aliphatic carbocycles. The van der Waals surface area contributed by atoms with E-state index in [9.17, 15) is 0 Å². The van der Waals surface area contributed by atoms with Crippen LogP contribution in [0.4, 0.5) is 0 Å². The first kappa shape index (κ1) is 8.78. The van der Waals surface area contributed by atoms with E-state index in [2.05, 4.69) is 24.1 Å². The summed E-state index contributed by atoms with van der Waals surface area (Å²) >= 11 is 0. The average Bonchev–Trinajstić information content (AvgIpc) is 2.17. The van der Waals surface area contributed by atoms with Crippen molar-refractivity contribution in [3.8, 4) is 0 Å². The number of hydrogen-bond acceptors (Lipinski definition) is 2. The monoisotopic (exact) mass is 162 g/mol. The molecule has 0 aliphatic heterocycles. The second-order valence-corrected chi connectivity index (χ2v) is 2.74. The first-order chi connectivity index (χ1) is 5.75. The van der Waals surface area contributed by atoms with Crippen molar-refractivity contribution in [2.24, 2.45) is 0 Å². The summed E-state index contributed by atoms with van der Waals surface area (Å²) in [6.45, 7) is 4.16. The molecule has 1 heterocycles. The second kappa shape index (κ2) is 3.90. The Bertz CT molecular complexity index is 275. The maximum atomic E-state index is 3.97. The Labute approximate surface area is 73.3 Å². The first-order valence-corrected chi connectivity index (χ1v) is 4.01. The zero-order valence-electron chi connectivity index (χ0n) is 7.76. The highest BCUT2D eigenvalue weighted by molar-refractivity contribution is 5.65. The van der Waals surface area contributed by atoms with Crippen LogP contribution >= 0.6 is 0 Å². The van der Waals surface area contributed by atoms with E-state index < -0.39 is 0 Å². The zero-order valence-corrected chi connectivity index (χ0v) is 7.76. The highest BCUT2D eigenvalue weighted by atomic mass is 14.8. The molecule has 0 bridgehead atoms. The summed E-state index contributed by atoms with van der Waals surface area (Å²) in [6.07, 6.45) is 3.61. The largest absolute Gasteiger partial charge is 0.391 e. The Kier molecular flexibility index (Phi) is 2.86. The molecule has 0 saturated carbocycles. The Balaban J connectivity index is 3.00. The summed E-state index contributed by atoms with van der Waals surface area (Å²) in [5.41, 5.74) is 3.68. The third kappa shape index (κ3) is 1.84. The van der Waals surface area contributed by atoms with Gasteiger partial charge in [-0.15, -0.1) is 0 Å². The molecule has 0 saturated heterocycles. The normalized spacial score (nSPS) is 12.2. The summed E-state index contributed by atoms with van der Waals surface area (Å²) in [5, 5.41) is 3.12. The molecule has 12 heavy (non-hydrogen) atoms. The smallest absolute Gasteiger partial charge is 0.0273 e. The van der Waals surface area contributed by atoms with Crippen molar-refractivity contribution in [1.82, 2.24) is 10.3 Å². The Morgan fingerprint density at radius 3 is 2.33 bits per heavy atom. The van der Waals surface area contributed by atoms with Crippen molar-refractivity contribution in [2.75, 3.05) is 7.05 Å². The predicted molar refractivity (Wildman–Crippen MR) is 51.6 cm³/mol. The van der Waals surface area contributed by atoms with Crippen LogP contribution in [-0.2, 0) is 0 Å². The van der Waals surface area contributed by atoms with Gasteiger partial charge in [0.2, 0.25) is 0 Å². The molecular weight excluding hydrogens is 148 g/mol. The van der Waals surface area contributed by atoms with E-state index in [1.165, 1.54) is 16.8 Å². The van der Waals surface area contributed by atoms with Gasteiger partial charge >= 0.3 is 0 Å². The maximum Gasteiger partial charge on any atom is 0.0273 e. The molecule has 64 valence electrons. The third-order valence-electron chi connectivity index (χ3n) is 2.05. The van der Waals surface area contributed by atoms with Crippen LogP contribution in [0.3, 0.4) is 0 Å². The van der Waals surface area contributed by atoms with Crippen molar-refractivity contribution >= 4 is 5.57 Å². The van der Waals surface area contributed by atoms with Crippen LogP contribution in [0, 0.1) is 0 Å². The Morgan fingerprint density at radius 2 is 1.83 bits per heavy atom. The molecule has 0 aliphatic rings. The van der Waals surface area contributed by atoms with Crippen LogP contribution in [0.15, 0.2) is 30.2 Å². The number of nitrogens with one attached hydrogen (secondary N) is 1. The highest BCUT2D eigenvalue weighted by Gasteiger charge is 1.96. The fourth-order valence-corrected chi connectivity index (χ4v) is 1.01. The molecular formula is C10H14N2. The van der Waals surface area contributed by atoms with Crippen LogP contribution in [0.5, 0.6) is 0 Å². The lowest BCUT2D eigenvalue weighted by molar-refractivity contribution is 0.991. The fraction of sp³-hybridized carbons (Fsp3) is 0.300. The SMILES string of the molecule is CN/C(C)=C(\C)c1ccncc1. The molecule has 0 atom stereocenters. The second-order valence-electron chi connectivity index (χ2n) is 2.74. The Morgan fingerprint density at radius 1 is 1.25 bits per heavy atom. The summed E-state index contributed by atoms with van der Waals surface area (Å²) in [4.78, 5) is 3.97. The summed E-state index contributed by atoms with van der Waals surface area (Å²) in [5.74, 6) is 0. The number of rotatable bonds is 2. The van der Waals surface area contributed by atoms with Gasteiger partial charge in [0.15, 0.2) is 0 Å². The summed E-state index contributed by atoms with van der Waals surface area (Å²) < 4.78 is 0. The van der Waals surface area contributed by atoms with Crippen LogP contribution in [0.1, 0.15) is 19.4 Å². The van der Waals surface area contributed by atoms with E-state index in [0.717, 1.165) is 0 Å². The highest BCUT2D eigenvalue weighted by Crippen LogP contribution is 2.14. The molecule has 2 heteroatoms. The topological polar surface area (TPSA) is 24.9 Å². The molecule has 0 radical (unpaired) electrons. The Hall–Kier alpha value is -1.31. The van der Waals surface area contributed by atoms with Crippen LogP contribution in [0.25, 0.3) is 5.57 Å². The van der Waals surface area contributed by atoms with E-state index in [-0.39, 0.29) is 0 Å². The number of hydrogen-bond donors (Lipinski definition) is 1. The maximum absolute atomic E-state index is 3.97. The van der Waals surface area contributed by atoms with Gasteiger partial charge in [0.25, 0.3) is 0 Å². The minimum Gasteiger partial charge on any atom is -0.391 e. The van der Waals surface area contributed by atoms with Gasteiger partial charge in [0.1, 0.15) is 0 Å². The lowest BCUT2D eigenvalue weighted by atomic mass is 10.1. The molecule has 0 amide bonds. The molecule has 1 aromatic rings. The molecule has 1 N–H and O–H groups in total. The van der Waals surface area contributed by atoms with Gasteiger partial charge in [-0.05, 0) is 37.1 Å². The van der Waals surface area contributed by atoms with Gasteiger partial charge in [-0.1, -0.05) is 0 Å². The van der Waals surface area contributed by atoms with Crippen LogP contribution < -0.4 is 5.32 Å². The number of nitrogens with zero attached hydrogens (tertiary/aromatic N) is 1. The molecule has 1 rings (SSSR count). The van der Waals surface area contributed by atoms with E-state index in [0.29, 0.717) is 0 Å². The average molecular weight is 162 g/mol. The van der Waals surface area contributed by atoms with E-state index >= 15 is 0 Å². The van der Waals surface area contributed by atoms with Crippen molar-refractivity contribution < 1.29 is 0 Å². The minimum absolute atomic E-state index is 1.20. The predicted octanol–water partition coefficient (Wildman–Crippen LogP) is 2.05. The van der Waals surface area contributed by atoms with Crippen molar-refractivity contribution in [2.45, 2.75) is 13.8 Å². The quantitative estimate of drug-likeness (QED) is 0.720. The van der Waals surface area contributed by atoms with Gasteiger partial charge < -0.3 is 5.32 Å². The van der Waals surface area contributed by atoms with Gasteiger partial charge in [0, 0.05) is 25.1 Å². The standard InChI is InChI=1S/C10H14N2/c1-8(9(2)11-3)10-4-6-12-7-5-10/h4-7,11H,1-3H3/b9-8+. The van der Waals surface area contributed by atoms with E-state index in [4.69, 9.17) is 0 Å². The number of allylic oxidation sites excluding steroid dienone is 2. The third-order valence-corrected chi connectivity index (χ3v) is 2.05. The van der Waals surface area contributed by atoms with Gasteiger partial charge in [-0.25, -0.2) is 0 Å². The molecule has 1 aromatic heterocycles. The van der Waals surface area contributed by atoms with Crippen LogP contribution in [0.2, 0.25) is 0 Å². The zero-order chi connectivity index (χ0) is 8.97. The minimum atomic E-state index is 1.20. The van der Waals surface area contributed by atoms with Crippen molar-refractivity contribution in [3.05, 3.63) is 35.8 Å². The van der Waals surface area contributed by atoms with Gasteiger partial charge in [-0.2, -0.15) is 0 Å². The molecule has 0 spiro atoms. The molecule has 0 unspecified atom stereocenters. The van der Waals surface area contributed by atoms with Crippen LogP contribution in [-0.4, -0.2) is 12.0 Å². The summed E-state index contributed by atoms with van der Waals surface area (Å²) in [7, 11) is 1.93. The number of aromatic nitrogens is 1. The lowest BCUT2D eigenvalue weighted by Gasteiger charge is -2.06. The lowest BCUT2D eigenvalue weighted by Crippen LogP contribution is -2.03. The summed E-state index contributed by atoms with van der Waals surface area (Å²) in [6, 6.07) is 4.02. The van der Waals surface area contributed by atoms with Gasteiger partial charge in [-0.3, -0.25) is 4.98 Å². The van der Waals surface area contributed by atoms with Crippen molar-refractivity contribution in [1.29, 1.82) is 0 Å². The van der Waals surface area contributed by atoms with E-state index in [1.54, 1.807) is 0 Å². The van der Waals surface area contributed by atoms with Gasteiger partial charge in [0.05, 0.1) is 0 Å². The molecule has 2 nitrogen and oxygen atoms in total.